The van der Waals surface area contributed by atoms with Crippen molar-refractivity contribution in [1.29, 1.82) is 0 Å². The summed E-state index contributed by atoms with van der Waals surface area (Å²) in [6.45, 7) is 3.52. The van der Waals surface area contributed by atoms with Gasteiger partial charge in [-0.1, -0.05) is 0 Å². The van der Waals surface area contributed by atoms with Gasteiger partial charge in [0.15, 0.2) is 0 Å². The Labute approximate surface area is 149 Å². The largest absolute Gasteiger partial charge is 0.497 e. The maximum Gasteiger partial charge on any atom is 0.119 e. The lowest BCUT2D eigenvalue weighted by atomic mass is 9.84. The first-order valence-electron chi connectivity index (χ1n) is 9.37. The molecule has 0 bridgehead atoms. The van der Waals surface area contributed by atoms with E-state index in [1.54, 1.807) is 7.11 Å². The lowest BCUT2D eigenvalue weighted by Crippen LogP contribution is -2.50. The van der Waals surface area contributed by atoms with Gasteiger partial charge >= 0.3 is 0 Å². The zero-order valence-corrected chi connectivity index (χ0v) is 15.0. The van der Waals surface area contributed by atoms with Gasteiger partial charge in [-0.3, -0.25) is 0 Å². The van der Waals surface area contributed by atoms with Gasteiger partial charge in [-0.05, 0) is 62.4 Å². The summed E-state index contributed by atoms with van der Waals surface area (Å²) in [5.41, 5.74) is 2.57. The van der Waals surface area contributed by atoms with Crippen molar-refractivity contribution >= 4 is 10.9 Å². The van der Waals surface area contributed by atoms with Crippen LogP contribution in [0.1, 0.15) is 31.2 Å². The van der Waals surface area contributed by atoms with Crippen molar-refractivity contribution in [3.8, 4) is 5.75 Å². The molecule has 0 radical (unpaired) electrons. The van der Waals surface area contributed by atoms with E-state index in [9.17, 15) is 0 Å². The highest BCUT2D eigenvalue weighted by Gasteiger charge is 2.38. The lowest BCUT2D eigenvalue weighted by molar-refractivity contribution is -0.140. The number of rotatable bonds is 5. The summed E-state index contributed by atoms with van der Waals surface area (Å²) >= 11 is 0. The van der Waals surface area contributed by atoms with Crippen LogP contribution in [0.15, 0.2) is 24.4 Å². The molecule has 0 aliphatic carbocycles. The van der Waals surface area contributed by atoms with Gasteiger partial charge in [0.25, 0.3) is 0 Å². The van der Waals surface area contributed by atoms with E-state index < -0.39 is 0 Å². The van der Waals surface area contributed by atoms with Crippen molar-refractivity contribution in [3.63, 3.8) is 0 Å². The van der Waals surface area contributed by atoms with Gasteiger partial charge in [0.05, 0.1) is 12.7 Å². The van der Waals surface area contributed by atoms with Gasteiger partial charge in [0, 0.05) is 43.0 Å². The van der Waals surface area contributed by atoms with Crippen LogP contribution in [0.3, 0.4) is 0 Å². The number of methoxy groups -OCH3 is 1. The molecule has 1 aromatic carbocycles. The number of hydrogen-bond donors (Lipinski definition) is 2. The average molecular weight is 344 g/mol. The first kappa shape index (κ1) is 16.9. The molecule has 25 heavy (non-hydrogen) atoms. The van der Waals surface area contributed by atoms with Crippen LogP contribution >= 0.6 is 0 Å². The SMILES string of the molecule is COc1ccc2[nH]cc(CCN[C@H]3CCOC4(CCOCC4)C3)c2c1. The van der Waals surface area contributed by atoms with E-state index in [1.165, 1.54) is 16.5 Å². The first-order chi connectivity index (χ1) is 12.3. The summed E-state index contributed by atoms with van der Waals surface area (Å²) in [5.74, 6) is 0.909. The molecule has 2 fully saturated rings. The zero-order valence-electron chi connectivity index (χ0n) is 15.0. The van der Waals surface area contributed by atoms with Crippen molar-refractivity contribution in [1.82, 2.24) is 10.3 Å². The highest BCUT2D eigenvalue weighted by atomic mass is 16.5. The number of H-pyrrole nitrogens is 1. The van der Waals surface area contributed by atoms with Crippen LogP contribution in [0.2, 0.25) is 0 Å². The summed E-state index contributed by atoms with van der Waals surface area (Å²) in [7, 11) is 1.71. The number of aromatic nitrogens is 1. The molecule has 2 aliphatic rings. The fraction of sp³-hybridized carbons (Fsp3) is 0.600. The fourth-order valence-electron chi connectivity index (χ4n) is 4.20. The summed E-state index contributed by atoms with van der Waals surface area (Å²) < 4.78 is 17.0. The van der Waals surface area contributed by atoms with E-state index >= 15 is 0 Å². The molecule has 0 amide bonds. The Morgan fingerprint density at radius 3 is 3.00 bits per heavy atom. The van der Waals surface area contributed by atoms with Crippen LogP contribution < -0.4 is 10.1 Å². The third-order valence-electron chi connectivity index (χ3n) is 5.70. The van der Waals surface area contributed by atoms with Gasteiger partial charge in [-0.15, -0.1) is 0 Å². The number of nitrogens with one attached hydrogen (secondary N) is 2. The number of aromatic amines is 1. The van der Waals surface area contributed by atoms with Gasteiger partial charge in [-0.2, -0.15) is 0 Å². The Morgan fingerprint density at radius 2 is 2.16 bits per heavy atom. The predicted molar refractivity (Wildman–Crippen MR) is 98.3 cm³/mol. The lowest BCUT2D eigenvalue weighted by Gasteiger charge is -2.43. The minimum atomic E-state index is 0.0579. The monoisotopic (exact) mass is 344 g/mol. The van der Waals surface area contributed by atoms with Crippen molar-refractivity contribution < 1.29 is 14.2 Å². The number of fused-ring (bicyclic) bond motifs is 1. The van der Waals surface area contributed by atoms with Crippen LogP contribution in [0, 0.1) is 0 Å². The maximum absolute atomic E-state index is 6.13. The van der Waals surface area contributed by atoms with Gasteiger partial charge < -0.3 is 24.5 Å². The minimum absolute atomic E-state index is 0.0579. The second-order valence-electron chi connectivity index (χ2n) is 7.26. The van der Waals surface area contributed by atoms with Crippen LogP contribution in [0.4, 0.5) is 0 Å². The van der Waals surface area contributed by atoms with E-state index in [1.807, 2.05) is 6.07 Å². The van der Waals surface area contributed by atoms with E-state index in [0.29, 0.717) is 6.04 Å². The highest BCUT2D eigenvalue weighted by molar-refractivity contribution is 5.84. The Balaban J connectivity index is 1.34. The molecule has 4 rings (SSSR count). The molecule has 2 saturated heterocycles. The molecule has 0 unspecified atom stereocenters. The van der Waals surface area contributed by atoms with Crippen LogP contribution in [0.25, 0.3) is 10.9 Å². The Morgan fingerprint density at radius 1 is 1.28 bits per heavy atom. The zero-order chi connectivity index (χ0) is 17.1. The van der Waals surface area contributed by atoms with Crippen molar-refractivity contribution in [2.75, 3.05) is 33.5 Å². The van der Waals surface area contributed by atoms with Gasteiger partial charge in [0.1, 0.15) is 5.75 Å². The molecular formula is C20H28N2O3. The van der Waals surface area contributed by atoms with Gasteiger partial charge in [-0.25, -0.2) is 0 Å². The molecule has 1 atom stereocenters. The molecule has 3 heterocycles. The summed E-state index contributed by atoms with van der Waals surface area (Å²) in [6, 6.07) is 6.74. The maximum atomic E-state index is 6.13. The normalized spacial score (nSPS) is 23.2. The molecule has 2 N–H and O–H groups in total. The second kappa shape index (κ2) is 7.36. The topological polar surface area (TPSA) is 55.5 Å². The molecule has 1 spiro atoms. The molecule has 5 heteroatoms. The molecular weight excluding hydrogens is 316 g/mol. The summed E-state index contributed by atoms with van der Waals surface area (Å²) in [4.78, 5) is 3.36. The molecule has 136 valence electrons. The van der Waals surface area contributed by atoms with E-state index in [4.69, 9.17) is 14.2 Å². The second-order valence-corrected chi connectivity index (χ2v) is 7.26. The minimum Gasteiger partial charge on any atom is -0.497 e. The van der Waals surface area contributed by atoms with Crippen LogP contribution in [0.5, 0.6) is 5.75 Å². The standard InChI is InChI=1S/C20H28N2O3/c1-23-17-2-3-19-18(12-17)15(14-22-19)4-8-21-16-5-9-25-20(13-16)6-10-24-11-7-20/h2-3,12,14,16,21-22H,4-11,13H2,1H3/t16-/m0/s1. The molecule has 5 nitrogen and oxygen atoms in total. The van der Waals surface area contributed by atoms with Crippen molar-refractivity contribution in [3.05, 3.63) is 30.0 Å². The van der Waals surface area contributed by atoms with E-state index in [0.717, 1.165) is 64.2 Å². The third kappa shape index (κ3) is 3.68. The van der Waals surface area contributed by atoms with E-state index in [-0.39, 0.29) is 5.60 Å². The smallest absolute Gasteiger partial charge is 0.119 e. The number of benzene rings is 1. The Kier molecular flexibility index (Phi) is 4.97. The molecule has 2 aromatic rings. The Hall–Kier alpha value is -1.56. The fourth-order valence-corrected chi connectivity index (χ4v) is 4.20. The molecule has 2 aliphatic heterocycles. The van der Waals surface area contributed by atoms with Crippen molar-refractivity contribution in [2.24, 2.45) is 0 Å². The number of hydrogen-bond acceptors (Lipinski definition) is 4. The number of ether oxygens (including phenoxy) is 3. The summed E-state index contributed by atoms with van der Waals surface area (Å²) in [6.07, 6.45) is 7.42. The third-order valence-corrected chi connectivity index (χ3v) is 5.70. The predicted octanol–water partition coefficient (Wildman–Crippen LogP) is 3.04. The molecule has 1 aromatic heterocycles. The van der Waals surface area contributed by atoms with Crippen LogP contribution in [-0.2, 0) is 15.9 Å². The quantitative estimate of drug-likeness (QED) is 0.875. The van der Waals surface area contributed by atoms with Crippen LogP contribution in [-0.4, -0.2) is 50.1 Å². The average Bonchev–Trinajstić information content (AvgIpc) is 3.05. The molecule has 0 saturated carbocycles. The van der Waals surface area contributed by atoms with Crippen molar-refractivity contribution in [2.45, 2.75) is 43.7 Å². The first-order valence-corrected chi connectivity index (χ1v) is 9.37. The van der Waals surface area contributed by atoms with E-state index in [2.05, 4.69) is 28.6 Å². The Bertz CT molecular complexity index is 701. The summed E-state index contributed by atoms with van der Waals surface area (Å²) in [5, 5.41) is 5.02. The van der Waals surface area contributed by atoms with Gasteiger partial charge in [0.2, 0.25) is 0 Å². The highest BCUT2D eigenvalue weighted by Crippen LogP contribution is 2.34.